The SMILES string of the molecule is COc1cc(N2CCC(OCC(=O)N[C@H](C(=O)N3CCC[C@H]3C(=O)N[C@@H](C)c3ccc(-c4scnc4C)cc3)C(C)(C)C)CC2)ccc1NC(=O)c1cccc(/C(N)=C(\C)C=N)n1. The largest absolute Gasteiger partial charge is 0.494 e. The van der Waals surface area contributed by atoms with E-state index in [4.69, 9.17) is 20.6 Å². The molecule has 0 spiro atoms. The van der Waals surface area contributed by atoms with E-state index in [2.05, 4.69) is 30.8 Å². The summed E-state index contributed by atoms with van der Waals surface area (Å²) in [5, 5.41) is 16.4. The Morgan fingerprint density at radius 3 is 2.37 bits per heavy atom. The fraction of sp³-hybridized carbons (Fsp3) is 0.426. The first-order valence-corrected chi connectivity index (χ1v) is 22.2. The van der Waals surface area contributed by atoms with Crippen LogP contribution >= 0.6 is 11.3 Å². The fourth-order valence-corrected chi connectivity index (χ4v) is 8.66. The molecule has 16 heteroatoms. The predicted octanol–water partition coefficient (Wildman–Crippen LogP) is 6.50. The number of amides is 4. The van der Waals surface area contributed by atoms with Crippen molar-refractivity contribution in [3.8, 4) is 16.2 Å². The van der Waals surface area contributed by atoms with Gasteiger partial charge in [-0.15, -0.1) is 11.3 Å². The van der Waals surface area contributed by atoms with Crippen LogP contribution in [-0.2, 0) is 19.1 Å². The zero-order valence-electron chi connectivity index (χ0n) is 37.1. The van der Waals surface area contributed by atoms with Gasteiger partial charge in [0, 0.05) is 37.6 Å². The van der Waals surface area contributed by atoms with Crippen molar-refractivity contribution in [2.45, 2.75) is 91.5 Å². The molecule has 0 radical (unpaired) electrons. The highest BCUT2D eigenvalue weighted by Crippen LogP contribution is 2.33. The van der Waals surface area contributed by atoms with Gasteiger partial charge in [0.2, 0.25) is 17.7 Å². The second kappa shape index (κ2) is 20.4. The highest BCUT2D eigenvalue weighted by atomic mass is 32.1. The van der Waals surface area contributed by atoms with Gasteiger partial charge in [0.1, 0.15) is 30.1 Å². The summed E-state index contributed by atoms with van der Waals surface area (Å²) in [4.78, 5) is 68.0. The monoisotopic (exact) mass is 877 g/mol. The van der Waals surface area contributed by atoms with E-state index in [-0.39, 0.29) is 42.2 Å². The van der Waals surface area contributed by atoms with Crippen LogP contribution in [0.4, 0.5) is 11.4 Å². The van der Waals surface area contributed by atoms with Gasteiger partial charge in [-0.25, -0.2) is 9.97 Å². The van der Waals surface area contributed by atoms with Gasteiger partial charge >= 0.3 is 0 Å². The maximum Gasteiger partial charge on any atom is 0.274 e. The maximum atomic E-state index is 14.1. The van der Waals surface area contributed by atoms with Crippen LogP contribution in [0.15, 0.2) is 71.7 Å². The maximum absolute atomic E-state index is 14.1. The molecule has 4 amide bonds. The second-order valence-corrected chi connectivity index (χ2v) is 18.0. The molecule has 2 fully saturated rings. The van der Waals surface area contributed by atoms with Crippen LogP contribution in [0, 0.1) is 17.7 Å². The summed E-state index contributed by atoms with van der Waals surface area (Å²) in [6.07, 6.45) is 3.56. The summed E-state index contributed by atoms with van der Waals surface area (Å²) in [6.45, 7) is 12.9. The first-order valence-electron chi connectivity index (χ1n) is 21.3. The number of pyridine rings is 1. The molecule has 2 aromatic carbocycles. The van der Waals surface area contributed by atoms with Gasteiger partial charge in [0.05, 0.1) is 52.4 Å². The van der Waals surface area contributed by atoms with E-state index in [0.717, 1.165) is 33.6 Å². The Balaban J connectivity index is 0.987. The zero-order chi connectivity index (χ0) is 45.4. The molecule has 2 aliphatic rings. The Hall–Kier alpha value is -6.13. The van der Waals surface area contributed by atoms with Crippen LogP contribution in [0.25, 0.3) is 16.1 Å². The number of likely N-dealkylation sites (tertiary alicyclic amines) is 1. The number of carbonyl (C=O) groups excluding carboxylic acids is 4. The third-order valence-corrected chi connectivity index (χ3v) is 12.6. The lowest BCUT2D eigenvalue weighted by molar-refractivity contribution is -0.145. The number of thiazole rings is 1. The van der Waals surface area contributed by atoms with Crippen LogP contribution in [-0.4, -0.2) is 96.2 Å². The number of anilines is 2. The molecule has 15 nitrogen and oxygen atoms in total. The minimum atomic E-state index is -0.855. The normalized spacial score (nSPS) is 17.0. The zero-order valence-corrected chi connectivity index (χ0v) is 37.9. The van der Waals surface area contributed by atoms with Crippen molar-refractivity contribution in [3.05, 3.63) is 94.4 Å². The lowest BCUT2D eigenvalue weighted by Crippen LogP contribution is -2.58. The third-order valence-electron chi connectivity index (χ3n) is 11.6. The number of piperidine rings is 1. The smallest absolute Gasteiger partial charge is 0.274 e. The highest BCUT2D eigenvalue weighted by molar-refractivity contribution is 7.13. The number of nitrogens with zero attached hydrogens (tertiary/aromatic N) is 4. The number of carbonyl (C=O) groups is 4. The molecular formula is C47H59N9O6S. The molecule has 0 unspecified atom stereocenters. The molecule has 0 aliphatic carbocycles. The summed E-state index contributed by atoms with van der Waals surface area (Å²) in [6, 6.07) is 16.9. The first-order chi connectivity index (χ1) is 30.1. The molecule has 0 saturated carbocycles. The number of hydrogen-bond acceptors (Lipinski definition) is 12. The molecule has 2 aliphatic heterocycles. The Bertz CT molecular complexity index is 2330. The van der Waals surface area contributed by atoms with Gasteiger partial charge in [0.15, 0.2) is 0 Å². The van der Waals surface area contributed by atoms with E-state index in [9.17, 15) is 19.2 Å². The Labute approximate surface area is 373 Å². The third kappa shape index (κ3) is 11.3. The molecule has 2 saturated heterocycles. The van der Waals surface area contributed by atoms with Crippen molar-refractivity contribution in [2.75, 3.05) is 43.6 Å². The van der Waals surface area contributed by atoms with E-state index < -0.39 is 23.4 Å². The van der Waals surface area contributed by atoms with E-state index in [0.29, 0.717) is 73.7 Å². The first kappa shape index (κ1) is 46.4. The second-order valence-electron chi connectivity index (χ2n) is 17.2. The molecule has 334 valence electrons. The van der Waals surface area contributed by atoms with Crippen LogP contribution in [0.1, 0.15) is 93.8 Å². The summed E-state index contributed by atoms with van der Waals surface area (Å²) < 4.78 is 11.7. The quantitative estimate of drug-likeness (QED) is 0.0821. The van der Waals surface area contributed by atoms with Gasteiger partial charge < -0.3 is 46.4 Å². The Morgan fingerprint density at radius 1 is 1.00 bits per heavy atom. The standard InChI is InChI=1S/C47H59N9O6S/c1-28(25-48)41(49)36-10-8-11-37(52-36)44(58)53-35-18-17-33(24-39(35)61-7)55-22-19-34(20-23-55)62-26-40(57)54-43(47(4,5)6)46(60)56-21-9-12-38(56)45(59)51-29(2)31-13-15-32(16-14-31)42-30(3)50-27-63-42/h8,10-11,13-18,24-25,27,29,34,38,43,48H,9,12,19-23,26,49H2,1-7H3,(H,51,59)(H,53,58)(H,54,57)/b41-28-,48-25?/t29-,38-,43+/m0/s1. The number of methoxy groups -OCH3 is 1. The van der Waals surface area contributed by atoms with Crippen LogP contribution in [0.5, 0.6) is 5.75 Å². The molecule has 2 aromatic heterocycles. The number of nitrogens with one attached hydrogen (secondary N) is 4. The van der Waals surface area contributed by atoms with Gasteiger partial charge in [-0.05, 0) is 92.8 Å². The molecule has 0 bridgehead atoms. The topological polar surface area (TPSA) is 205 Å². The average molecular weight is 878 g/mol. The van der Waals surface area contributed by atoms with Crippen LogP contribution < -0.4 is 31.3 Å². The summed E-state index contributed by atoms with van der Waals surface area (Å²) in [5.74, 6) is -0.830. The fourth-order valence-electron chi connectivity index (χ4n) is 7.85. The van der Waals surface area contributed by atoms with Gasteiger partial charge in [0.25, 0.3) is 5.91 Å². The summed E-state index contributed by atoms with van der Waals surface area (Å²) in [7, 11) is 1.54. The Kier molecular flexibility index (Phi) is 15.0. The van der Waals surface area contributed by atoms with Crippen molar-refractivity contribution in [2.24, 2.45) is 11.1 Å². The van der Waals surface area contributed by atoms with Crippen molar-refractivity contribution >= 4 is 58.3 Å². The molecule has 6 rings (SSSR count). The van der Waals surface area contributed by atoms with E-state index >= 15 is 0 Å². The number of benzene rings is 2. The van der Waals surface area contributed by atoms with E-state index in [1.165, 1.54) is 7.11 Å². The number of hydrogen-bond donors (Lipinski definition) is 5. The number of nitrogens with two attached hydrogens (primary N) is 1. The minimum Gasteiger partial charge on any atom is -0.494 e. The van der Waals surface area contributed by atoms with Crippen LogP contribution in [0.3, 0.4) is 0 Å². The molecule has 6 N–H and O–H groups in total. The number of ether oxygens (including phenoxy) is 2. The number of aromatic nitrogens is 2. The summed E-state index contributed by atoms with van der Waals surface area (Å²) in [5.41, 5.74) is 13.2. The number of allylic oxidation sites excluding steroid dienone is 1. The van der Waals surface area contributed by atoms with Crippen molar-refractivity contribution in [3.63, 3.8) is 0 Å². The van der Waals surface area contributed by atoms with Gasteiger partial charge in [-0.1, -0.05) is 51.1 Å². The lowest BCUT2D eigenvalue weighted by atomic mass is 9.85. The molecule has 3 atom stereocenters. The van der Waals surface area contributed by atoms with Crippen LogP contribution in [0.2, 0.25) is 0 Å². The van der Waals surface area contributed by atoms with Gasteiger partial charge in [-0.2, -0.15) is 0 Å². The lowest BCUT2D eigenvalue weighted by Gasteiger charge is -2.36. The van der Waals surface area contributed by atoms with Crippen molar-refractivity contribution < 1.29 is 28.7 Å². The Morgan fingerprint density at radius 2 is 1.71 bits per heavy atom. The van der Waals surface area contributed by atoms with Crippen molar-refractivity contribution in [1.82, 2.24) is 25.5 Å². The molecule has 63 heavy (non-hydrogen) atoms. The summed E-state index contributed by atoms with van der Waals surface area (Å²) >= 11 is 1.59. The molecule has 4 aromatic rings. The molecule has 4 heterocycles. The number of rotatable bonds is 15. The van der Waals surface area contributed by atoms with E-state index in [1.807, 2.05) is 76.5 Å². The number of aryl methyl sites for hydroxylation is 1. The highest BCUT2D eigenvalue weighted by Gasteiger charge is 2.42. The average Bonchev–Trinajstić information content (AvgIpc) is 3.96. The van der Waals surface area contributed by atoms with Crippen molar-refractivity contribution in [1.29, 1.82) is 5.41 Å². The molecular weight excluding hydrogens is 819 g/mol. The van der Waals surface area contributed by atoms with Gasteiger partial charge in [-0.3, -0.25) is 19.2 Å². The predicted molar refractivity (Wildman–Crippen MR) is 247 cm³/mol. The van der Waals surface area contributed by atoms with E-state index in [1.54, 1.807) is 47.4 Å². The minimum absolute atomic E-state index is 0.159.